The molecule has 1 atom stereocenters. The number of nitrogens with zero attached hydrogens (tertiary/aromatic N) is 2. The van der Waals surface area contributed by atoms with Gasteiger partial charge in [0.25, 0.3) is 0 Å². The molecule has 0 bridgehead atoms. The Kier molecular flexibility index (Phi) is 4.44. The molecule has 22 heavy (non-hydrogen) atoms. The van der Waals surface area contributed by atoms with Crippen molar-refractivity contribution in [2.45, 2.75) is 23.2 Å². The van der Waals surface area contributed by atoms with E-state index < -0.39 is 5.25 Å². The number of hydrogen-bond acceptors (Lipinski definition) is 5. The zero-order valence-electron chi connectivity index (χ0n) is 12.0. The summed E-state index contributed by atoms with van der Waals surface area (Å²) in [6.45, 7) is 0.507. The lowest BCUT2D eigenvalue weighted by molar-refractivity contribution is -0.124. The normalized spacial score (nSPS) is 17.2. The second-order valence-corrected chi connectivity index (χ2v) is 7.12. The molecule has 1 N–H and O–H groups in total. The number of thioether (sulfide) groups is 1. The van der Waals surface area contributed by atoms with Gasteiger partial charge in [0.05, 0.1) is 17.5 Å². The van der Waals surface area contributed by atoms with Gasteiger partial charge in [-0.15, -0.1) is 11.3 Å². The predicted octanol–water partition coefficient (Wildman–Crippen LogP) is 2.29. The third-order valence-corrected chi connectivity index (χ3v) is 5.45. The predicted molar refractivity (Wildman–Crippen MR) is 88.1 cm³/mol. The lowest BCUT2D eigenvalue weighted by atomic mass is 10.2. The molecule has 0 aliphatic carbocycles. The number of thiophene rings is 1. The van der Waals surface area contributed by atoms with Gasteiger partial charge in [-0.1, -0.05) is 17.8 Å². The molecule has 2 amide bonds. The van der Waals surface area contributed by atoms with Crippen LogP contribution in [0.3, 0.4) is 0 Å². The van der Waals surface area contributed by atoms with Crippen LogP contribution in [0.2, 0.25) is 0 Å². The first kappa shape index (κ1) is 15.1. The van der Waals surface area contributed by atoms with Crippen molar-refractivity contribution < 1.29 is 9.59 Å². The number of amides is 2. The van der Waals surface area contributed by atoms with Gasteiger partial charge in [0.1, 0.15) is 5.03 Å². The summed E-state index contributed by atoms with van der Waals surface area (Å²) in [5.41, 5.74) is 0.799. The van der Waals surface area contributed by atoms with Crippen molar-refractivity contribution in [3.63, 3.8) is 0 Å². The number of hydrogen-bond donors (Lipinski definition) is 1. The van der Waals surface area contributed by atoms with Crippen molar-refractivity contribution >= 4 is 40.6 Å². The van der Waals surface area contributed by atoms with E-state index in [-0.39, 0.29) is 18.2 Å². The standard InChI is InChI=1S/C15H15N3O2S2/c1-18-11-5-2-6-16-14(11)22-12(15(18)20)8-13(19)17-9-10-4-3-7-21-10/h2-7,12H,8-9H2,1H3,(H,17,19). The molecular weight excluding hydrogens is 318 g/mol. The summed E-state index contributed by atoms with van der Waals surface area (Å²) in [6, 6.07) is 7.58. The molecule has 3 rings (SSSR count). The van der Waals surface area contributed by atoms with Crippen molar-refractivity contribution in [1.29, 1.82) is 0 Å². The minimum absolute atomic E-state index is 0.0585. The van der Waals surface area contributed by atoms with Gasteiger partial charge in [0.15, 0.2) is 0 Å². The molecule has 0 aromatic carbocycles. The molecule has 1 aliphatic heterocycles. The monoisotopic (exact) mass is 333 g/mol. The molecule has 5 nitrogen and oxygen atoms in total. The van der Waals surface area contributed by atoms with Crippen LogP contribution in [0.1, 0.15) is 11.3 Å². The van der Waals surface area contributed by atoms with Gasteiger partial charge in [0, 0.05) is 24.5 Å². The van der Waals surface area contributed by atoms with Crippen molar-refractivity contribution in [1.82, 2.24) is 10.3 Å². The fraction of sp³-hybridized carbons (Fsp3) is 0.267. The van der Waals surface area contributed by atoms with E-state index in [2.05, 4.69) is 10.3 Å². The van der Waals surface area contributed by atoms with E-state index in [4.69, 9.17) is 0 Å². The van der Waals surface area contributed by atoms with Gasteiger partial charge in [-0.25, -0.2) is 4.98 Å². The van der Waals surface area contributed by atoms with Crippen molar-refractivity contribution in [3.8, 4) is 0 Å². The van der Waals surface area contributed by atoms with Gasteiger partial charge in [-0.2, -0.15) is 0 Å². The van der Waals surface area contributed by atoms with Crippen LogP contribution in [-0.2, 0) is 16.1 Å². The third-order valence-electron chi connectivity index (χ3n) is 3.38. The van der Waals surface area contributed by atoms with E-state index in [1.54, 1.807) is 35.5 Å². The van der Waals surface area contributed by atoms with E-state index >= 15 is 0 Å². The Bertz CT molecular complexity index is 688. The lowest BCUT2D eigenvalue weighted by Gasteiger charge is -2.29. The van der Waals surface area contributed by atoms with Crippen LogP contribution in [-0.4, -0.2) is 29.1 Å². The lowest BCUT2D eigenvalue weighted by Crippen LogP contribution is -2.41. The highest BCUT2D eigenvalue weighted by Gasteiger charge is 2.33. The molecule has 0 saturated carbocycles. The number of aromatic nitrogens is 1. The molecule has 7 heteroatoms. The van der Waals surface area contributed by atoms with Gasteiger partial charge in [-0.3, -0.25) is 9.59 Å². The second kappa shape index (κ2) is 6.50. The highest BCUT2D eigenvalue weighted by molar-refractivity contribution is 8.00. The van der Waals surface area contributed by atoms with Gasteiger partial charge in [0.2, 0.25) is 11.8 Å². The van der Waals surface area contributed by atoms with E-state index in [9.17, 15) is 9.59 Å². The Morgan fingerprint density at radius 3 is 3.05 bits per heavy atom. The molecule has 1 unspecified atom stereocenters. The van der Waals surface area contributed by atoms with Crippen LogP contribution in [0.15, 0.2) is 40.9 Å². The first-order chi connectivity index (χ1) is 10.6. The van der Waals surface area contributed by atoms with Gasteiger partial charge < -0.3 is 10.2 Å². The molecule has 3 heterocycles. The smallest absolute Gasteiger partial charge is 0.240 e. The number of anilines is 1. The first-order valence-electron chi connectivity index (χ1n) is 6.83. The number of fused-ring (bicyclic) bond motifs is 1. The Labute approximate surface area is 136 Å². The molecule has 0 saturated heterocycles. The van der Waals surface area contributed by atoms with Crippen molar-refractivity contribution in [2.24, 2.45) is 0 Å². The minimum Gasteiger partial charge on any atom is -0.351 e. The summed E-state index contributed by atoms with van der Waals surface area (Å²) in [6.07, 6.45) is 1.86. The highest BCUT2D eigenvalue weighted by atomic mass is 32.2. The maximum absolute atomic E-state index is 12.4. The molecule has 0 radical (unpaired) electrons. The Balaban J connectivity index is 1.63. The number of carbonyl (C=O) groups is 2. The summed E-state index contributed by atoms with van der Waals surface area (Å²) in [5.74, 6) is -0.177. The first-order valence-corrected chi connectivity index (χ1v) is 8.59. The average Bonchev–Trinajstić information content (AvgIpc) is 3.04. The summed E-state index contributed by atoms with van der Waals surface area (Å²) in [7, 11) is 1.72. The van der Waals surface area contributed by atoms with E-state index in [0.717, 1.165) is 15.6 Å². The Morgan fingerprint density at radius 2 is 2.27 bits per heavy atom. The molecule has 0 spiro atoms. The number of nitrogens with one attached hydrogen (secondary N) is 1. The van der Waals surface area contributed by atoms with Crippen LogP contribution in [0.5, 0.6) is 0 Å². The fourth-order valence-corrected chi connectivity index (χ4v) is 4.07. The van der Waals surface area contributed by atoms with Crippen LogP contribution < -0.4 is 10.2 Å². The molecule has 114 valence electrons. The summed E-state index contributed by atoms with van der Waals surface area (Å²) in [5, 5.41) is 5.20. The molecule has 0 fully saturated rings. The number of pyridine rings is 1. The van der Waals surface area contributed by atoms with Crippen LogP contribution in [0, 0.1) is 0 Å². The van der Waals surface area contributed by atoms with E-state index in [1.807, 2.05) is 23.6 Å². The van der Waals surface area contributed by atoms with Crippen molar-refractivity contribution in [3.05, 3.63) is 40.7 Å². The zero-order chi connectivity index (χ0) is 15.5. The largest absolute Gasteiger partial charge is 0.351 e. The molecule has 1 aliphatic rings. The van der Waals surface area contributed by atoms with Crippen LogP contribution in [0.25, 0.3) is 0 Å². The molecule has 2 aromatic rings. The summed E-state index contributed by atoms with van der Waals surface area (Å²) < 4.78 is 0. The quantitative estimate of drug-likeness (QED) is 0.932. The zero-order valence-corrected chi connectivity index (χ0v) is 13.6. The van der Waals surface area contributed by atoms with Crippen LogP contribution >= 0.6 is 23.1 Å². The van der Waals surface area contributed by atoms with Gasteiger partial charge in [-0.05, 0) is 23.6 Å². The average molecular weight is 333 g/mol. The number of carbonyl (C=O) groups excluding carboxylic acids is 2. The highest BCUT2D eigenvalue weighted by Crippen LogP contribution is 2.37. The van der Waals surface area contributed by atoms with Gasteiger partial charge >= 0.3 is 0 Å². The summed E-state index contributed by atoms with van der Waals surface area (Å²) in [4.78, 5) is 31.4. The maximum Gasteiger partial charge on any atom is 0.240 e. The third kappa shape index (κ3) is 3.15. The fourth-order valence-electron chi connectivity index (χ4n) is 2.22. The topological polar surface area (TPSA) is 62.3 Å². The van der Waals surface area contributed by atoms with E-state index in [0.29, 0.717) is 6.54 Å². The van der Waals surface area contributed by atoms with Crippen molar-refractivity contribution in [2.75, 3.05) is 11.9 Å². The maximum atomic E-state index is 12.4. The SMILES string of the molecule is CN1C(=O)C(CC(=O)NCc2cccs2)Sc2ncccc21. The Hall–Kier alpha value is -1.86. The number of rotatable bonds is 4. The Morgan fingerprint density at radius 1 is 1.41 bits per heavy atom. The molecular formula is C15H15N3O2S2. The molecule has 2 aromatic heterocycles. The van der Waals surface area contributed by atoms with E-state index in [1.165, 1.54) is 11.8 Å². The van der Waals surface area contributed by atoms with Crippen LogP contribution in [0.4, 0.5) is 5.69 Å². The minimum atomic E-state index is -0.421. The summed E-state index contributed by atoms with van der Waals surface area (Å²) >= 11 is 2.96. The second-order valence-electron chi connectivity index (χ2n) is 4.89.